The van der Waals surface area contributed by atoms with Crippen molar-refractivity contribution >= 4 is 6.09 Å². The molecule has 1 amide bonds. The van der Waals surface area contributed by atoms with E-state index in [4.69, 9.17) is 9.15 Å². The highest BCUT2D eigenvalue weighted by Gasteiger charge is 2.30. The predicted octanol–water partition coefficient (Wildman–Crippen LogP) is 4.18. The van der Waals surface area contributed by atoms with Crippen LogP contribution in [-0.4, -0.2) is 22.8 Å². The number of carbonyl (C=O) groups excluding carboxylic acids is 1. The molecule has 2 atom stereocenters. The molecular weight excluding hydrogens is 294 g/mol. The first-order chi connectivity index (χ1) is 10.8. The number of hydrogen-bond donors (Lipinski definition) is 2. The van der Waals surface area contributed by atoms with Crippen molar-refractivity contribution in [3.05, 3.63) is 24.2 Å². The standard InChI is InChI=1S/C18H29NO4/c1-18(2,3)23-17(21)19-14(12-13-8-5-4-6-9-13)16(20)15-10-7-11-22-15/h7,10-11,13-14,16,20H,4-6,8-9,12H2,1-3H3,(H,19,21). The van der Waals surface area contributed by atoms with E-state index in [-0.39, 0.29) is 0 Å². The SMILES string of the molecule is CC(C)(C)OC(=O)NC(CC1CCCCC1)C(O)c1ccco1. The van der Waals surface area contributed by atoms with Crippen LogP contribution < -0.4 is 5.32 Å². The summed E-state index contributed by atoms with van der Waals surface area (Å²) in [5.74, 6) is 0.996. The quantitative estimate of drug-likeness (QED) is 0.853. The van der Waals surface area contributed by atoms with Crippen LogP contribution in [-0.2, 0) is 4.74 Å². The van der Waals surface area contributed by atoms with Gasteiger partial charge in [0.1, 0.15) is 17.5 Å². The Kier molecular flexibility index (Phi) is 6.10. The van der Waals surface area contributed by atoms with Gasteiger partial charge < -0.3 is 19.6 Å². The highest BCUT2D eigenvalue weighted by Crippen LogP contribution is 2.31. The maximum atomic E-state index is 12.1. The molecule has 0 saturated heterocycles. The first kappa shape index (κ1) is 17.9. The fourth-order valence-corrected chi connectivity index (χ4v) is 3.17. The number of amides is 1. The molecule has 0 radical (unpaired) electrons. The summed E-state index contributed by atoms with van der Waals surface area (Å²) < 4.78 is 10.6. The van der Waals surface area contributed by atoms with Crippen molar-refractivity contribution < 1.29 is 19.1 Å². The number of rotatable bonds is 5. The number of nitrogens with one attached hydrogen (secondary N) is 1. The summed E-state index contributed by atoms with van der Waals surface area (Å²) in [6.45, 7) is 5.48. The smallest absolute Gasteiger partial charge is 0.407 e. The largest absolute Gasteiger partial charge is 0.467 e. The number of furan rings is 1. The van der Waals surface area contributed by atoms with Crippen LogP contribution in [0.5, 0.6) is 0 Å². The highest BCUT2D eigenvalue weighted by atomic mass is 16.6. The Hall–Kier alpha value is -1.49. The van der Waals surface area contributed by atoms with E-state index < -0.39 is 23.8 Å². The minimum atomic E-state index is -0.862. The van der Waals surface area contributed by atoms with Crippen LogP contribution in [0.25, 0.3) is 0 Å². The molecule has 2 rings (SSSR count). The van der Waals surface area contributed by atoms with Crippen molar-refractivity contribution in [3.8, 4) is 0 Å². The second kappa shape index (κ2) is 7.86. The number of carbonyl (C=O) groups is 1. The molecule has 130 valence electrons. The van der Waals surface area contributed by atoms with Crippen LogP contribution in [0, 0.1) is 5.92 Å². The summed E-state index contributed by atoms with van der Waals surface area (Å²) in [5, 5.41) is 13.4. The van der Waals surface area contributed by atoms with Crippen molar-refractivity contribution in [1.29, 1.82) is 0 Å². The molecule has 1 saturated carbocycles. The number of ether oxygens (including phenoxy) is 1. The third-order valence-corrected chi connectivity index (χ3v) is 4.23. The number of aliphatic hydroxyl groups is 1. The van der Waals surface area contributed by atoms with Crippen LogP contribution in [0.4, 0.5) is 4.79 Å². The molecule has 1 heterocycles. The van der Waals surface area contributed by atoms with Crippen LogP contribution in [0.15, 0.2) is 22.8 Å². The van der Waals surface area contributed by atoms with Crippen molar-refractivity contribution in [3.63, 3.8) is 0 Å². The van der Waals surface area contributed by atoms with Crippen LogP contribution in [0.3, 0.4) is 0 Å². The molecule has 0 bridgehead atoms. The summed E-state index contributed by atoms with van der Waals surface area (Å²) in [6, 6.07) is 3.07. The Morgan fingerprint density at radius 2 is 2.09 bits per heavy atom. The van der Waals surface area contributed by atoms with Gasteiger partial charge in [-0.3, -0.25) is 0 Å². The lowest BCUT2D eigenvalue weighted by atomic mass is 9.83. The Balaban J connectivity index is 2.02. The summed E-state index contributed by atoms with van der Waals surface area (Å²) in [7, 11) is 0. The lowest BCUT2D eigenvalue weighted by molar-refractivity contribution is 0.0359. The normalized spacial score (nSPS) is 19.1. The molecule has 0 spiro atoms. The first-order valence-corrected chi connectivity index (χ1v) is 8.56. The Bertz CT molecular complexity index is 472. The third-order valence-electron chi connectivity index (χ3n) is 4.23. The van der Waals surface area contributed by atoms with E-state index in [9.17, 15) is 9.90 Å². The summed E-state index contributed by atoms with van der Waals surface area (Å²) in [5.41, 5.74) is -0.560. The number of hydrogen-bond acceptors (Lipinski definition) is 4. The van der Waals surface area contributed by atoms with Crippen molar-refractivity contribution in [2.24, 2.45) is 5.92 Å². The predicted molar refractivity (Wildman–Crippen MR) is 88.0 cm³/mol. The van der Waals surface area contributed by atoms with E-state index in [0.29, 0.717) is 11.7 Å². The van der Waals surface area contributed by atoms with Gasteiger partial charge in [-0.1, -0.05) is 32.1 Å². The average molecular weight is 323 g/mol. The first-order valence-electron chi connectivity index (χ1n) is 8.56. The van der Waals surface area contributed by atoms with E-state index in [2.05, 4.69) is 5.32 Å². The lowest BCUT2D eigenvalue weighted by Crippen LogP contribution is -2.43. The van der Waals surface area contributed by atoms with Crippen LogP contribution in [0.1, 0.15) is 71.2 Å². The van der Waals surface area contributed by atoms with E-state index >= 15 is 0 Å². The fraction of sp³-hybridized carbons (Fsp3) is 0.722. The minimum Gasteiger partial charge on any atom is -0.467 e. The maximum Gasteiger partial charge on any atom is 0.407 e. The zero-order valence-corrected chi connectivity index (χ0v) is 14.4. The van der Waals surface area contributed by atoms with E-state index in [1.807, 2.05) is 20.8 Å². The second-order valence-corrected chi connectivity index (χ2v) is 7.45. The molecule has 5 nitrogen and oxygen atoms in total. The van der Waals surface area contributed by atoms with Gasteiger partial charge in [-0.25, -0.2) is 4.79 Å². The van der Waals surface area contributed by atoms with Gasteiger partial charge in [0.15, 0.2) is 0 Å². The zero-order valence-electron chi connectivity index (χ0n) is 14.4. The molecule has 1 aromatic rings. The minimum absolute atomic E-state index is 0.404. The van der Waals surface area contributed by atoms with Crippen molar-refractivity contribution in [1.82, 2.24) is 5.32 Å². The van der Waals surface area contributed by atoms with Gasteiger partial charge in [0, 0.05) is 0 Å². The Labute approximate surface area is 138 Å². The molecule has 2 unspecified atom stereocenters. The van der Waals surface area contributed by atoms with Gasteiger partial charge in [0.2, 0.25) is 0 Å². The maximum absolute atomic E-state index is 12.1. The Morgan fingerprint density at radius 3 is 2.65 bits per heavy atom. The molecule has 1 aromatic heterocycles. The van der Waals surface area contributed by atoms with Gasteiger partial charge in [0.25, 0.3) is 0 Å². The molecule has 2 N–H and O–H groups in total. The average Bonchev–Trinajstić information content (AvgIpc) is 2.99. The van der Waals surface area contributed by atoms with E-state index in [1.54, 1.807) is 12.1 Å². The second-order valence-electron chi connectivity index (χ2n) is 7.45. The zero-order chi connectivity index (χ0) is 16.9. The fourth-order valence-electron chi connectivity index (χ4n) is 3.17. The van der Waals surface area contributed by atoms with Crippen LogP contribution in [0.2, 0.25) is 0 Å². The topological polar surface area (TPSA) is 71.7 Å². The van der Waals surface area contributed by atoms with Gasteiger partial charge in [-0.05, 0) is 45.2 Å². The van der Waals surface area contributed by atoms with Crippen LogP contribution >= 0.6 is 0 Å². The van der Waals surface area contributed by atoms with Crippen molar-refractivity contribution in [2.75, 3.05) is 0 Å². The summed E-state index contributed by atoms with van der Waals surface area (Å²) in [4.78, 5) is 12.1. The molecule has 1 fully saturated rings. The highest BCUT2D eigenvalue weighted by molar-refractivity contribution is 5.68. The molecule has 5 heteroatoms. The van der Waals surface area contributed by atoms with E-state index in [1.165, 1.54) is 25.5 Å². The van der Waals surface area contributed by atoms with Gasteiger partial charge in [-0.15, -0.1) is 0 Å². The molecule has 1 aliphatic carbocycles. The van der Waals surface area contributed by atoms with Gasteiger partial charge >= 0.3 is 6.09 Å². The molecule has 0 aromatic carbocycles. The number of alkyl carbamates (subject to hydrolysis) is 1. The molecule has 1 aliphatic rings. The third kappa shape index (κ3) is 5.90. The monoisotopic (exact) mass is 323 g/mol. The van der Waals surface area contributed by atoms with Gasteiger partial charge in [0.05, 0.1) is 12.3 Å². The molecule has 23 heavy (non-hydrogen) atoms. The molecular formula is C18H29NO4. The van der Waals surface area contributed by atoms with E-state index in [0.717, 1.165) is 19.3 Å². The van der Waals surface area contributed by atoms with Gasteiger partial charge in [-0.2, -0.15) is 0 Å². The number of aliphatic hydroxyl groups excluding tert-OH is 1. The Morgan fingerprint density at radius 1 is 1.39 bits per heavy atom. The lowest BCUT2D eigenvalue weighted by Gasteiger charge is -2.30. The molecule has 0 aliphatic heterocycles. The van der Waals surface area contributed by atoms with Crippen molar-refractivity contribution in [2.45, 2.75) is 77.0 Å². The summed E-state index contributed by atoms with van der Waals surface area (Å²) in [6.07, 6.45) is 6.94. The summed E-state index contributed by atoms with van der Waals surface area (Å²) >= 11 is 0.